The lowest BCUT2D eigenvalue weighted by atomic mass is 9.98. The first-order valence-corrected chi connectivity index (χ1v) is 3.03. The Hall–Kier alpha value is -1.12. The molecule has 0 radical (unpaired) electrons. The molecular formula is C7H5FO2. The predicted octanol–water partition coefficient (Wildman–Crippen LogP) is 0.951. The van der Waals surface area contributed by atoms with Gasteiger partial charge in [-0.05, 0) is 12.2 Å². The molecule has 3 rings (SSSR count). The summed E-state index contributed by atoms with van der Waals surface area (Å²) in [5.74, 6) is -1.19. The molecule has 2 bridgehead atoms. The van der Waals surface area contributed by atoms with Crippen LogP contribution in [0.5, 0.6) is 0 Å². The zero-order valence-electron chi connectivity index (χ0n) is 5.08. The van der Waals surface area contributed by atoms with E-state index in [1.807, 2.05) is 0 Å². The third kappa shape index (κ3) is 0.602. The molecule has 2 unspecified atom stereocenters. The second kappa shape index (κ2) is 1.68. The van der Waals surface area contributed by atoms with Crippen LogP contribution in [0.25, 0.3) is 0 Å². The molecule has 2 nitrogen and oxygen atoms in total. The van der Waals surface area contributed by atoms with Crippen LogP contribution >= 0.6 is 0 Å². The second-order valence-corrected chi connectivity index (χ2v) is 2.32. The fourth-order valence-corrected chi connectivity index (χ4v) is 1.08. The molecule has 0 aromatic heterocycles. The van der Waals surface area contributed by atoms with Gasteiger partial charge < -0.3 is 4.74 Å². The second-order valence-electron chi connectivity index (χ2n) is 2.32. The molecule has 2 heterocycles. The van der Waals surface area contributed by atoms with Gasteiger partial charge in [0, 0.05) is 0 Å². The number of carbonyl (C=O) groups excluding carboxylic acids is 1. The molecular weight excluding hydrogens is 135 g/mol. The maximum atomic E-state index is 12.6. The van der Waals surface area contributed by atoms with Gasteiger partial charge in [-0.25, -0.2) is 4.39 Å². The van der Waals surface area contributed by atoms with E-state index < -0.39 is 12.0 Å². The van der Waals surface area contributed by atoms with Crippen molar-refractivity contribution < 1.29 is 13.9 Å². The first-order chi connectivity index (χ1) is 4.77. The van der Waals surface area contributed by atoms with Gasteiger partial charge in [0.25, 0.3) is 0 Å². The summed E-state index contributed by atoms with van der Waals surface area (Å²) in [4.78, 5) is 10.7. The first-order valence-electron chi connectivity index (χ1n) is 3.03. The third-order valence-corrected chi connectivity index (χ3v) is 1.62. The molecule has 10 heavy (non-hydrogen) atoms. The van der Waals surface area contributed by atoms with Gasteiger partial charge in [-0.15, -0.1) is 0 Å². The zero-order valence-corrected chi connectivity index (χ0v) is 5.08. The number of hydrogen-bond acceptors (Lipinski definition) is 2. The molecule has 0 aromatic rings. The summed E-state index contributed by atoms with van der Waals surface area (Å²) in [7, 11) is 0. The Morgan fingerprint density at radius 3 is 2.60 bits per heavy atom. The smallest absolute Gasteiger partial charge is 0.317 e. The van der Waals surface area contributed by atoms with Crippen molar-refractivity contribution in [2.75, 3.05) is 0 Å². The van der Waals surface area contributed by atoms with Gasteiger partial charge in [0.2, 0.25) is 0 Å². The minimum Gasteiger partial charge on any atom is -0.450 e. The van der Waals surface area contributed by atoms with E-state index in [1.165, 1.54) is 6.08 Å². The van der Waals surface area contributed by atoms with E-state index in [9.17, 15) is 9.18 Å². The highest BCUT2D eigenvalue weighted by atomic mass is 19.1. The van der Waals surface area contributed by atoms with Gasteiger partial charge in [-0.2, -0.15) is 0 Å². The quantitative estimate of drug-likeness (QED) is 0.370. The molecule has 52 valence electrons. The molecule has 0 aromatic carbocycles. The van der Waals surface area contributed by atoms with Crippen molar-refractivity contribution in [1.29, 1.82) is 0 Å². The topological polar surface area (TPSA) is 26.3 Å². The third-order valence-electron chi connectivity index (χ3n) is 1.62. The van der Waals surface area contributed by atoms with Gasteiger partial charge in [0.15, 0.2) is 6.10 Å². The highest BCUT2D eigenvalue weighted by Crippen LogP contribution is 2.27. The van der Waals surface area contributed by atoms with E-state index in [-0.39, 0.29) is 11.8 Å². The molecule has 3 heteroatoms. The summed E-state index contributed by atoms with van der Waals surface area (Å²) >= 11 is 0. The monoisotopic (exact) mass is 140 g/mol. The molecule has 1 aliphatic carbocycles. The lowest BCUT2D eigenvalue weighted by Gasteiger charge is -2.25. The van der Waals surface area contributed by atoms with Gasteiger partial charge in [0.05, 0.1) is 5.92 Å². The Kier molecular flexibility index (Phi) is 0.952. The summed E-state index contributed by atoms with van der Waals surface area (Å²) in [5.41, 5.74) is 0. The SMILES string of the molecule is O=C1OC2C=CC1C=C2F. The van der Waals surface area contributed by atoms with E-state index in [2.05, 4.69) is 4.74 Å². The average Bonchev–Trinajstić information content (AvgIpc) is 1.91. The molecule has 0 amide bonds. The fourth-order valence-electron chi connectivity index (χ4n) is 1.08. The molecule has 0 saturated heterocycles. The van der Waals surface area contributed by atoms with Crippen LogP contribution in [0.1, 0.15) is 0 Å². The minimum absolute atomic E-state index is 0.353. The van der Waals surface area contributed by atoms with Gasteiger partial charge in [-0.1, -0.05) is 6.08 Å². The molecule has 0 saturated carbocycles. The number of hydrogen-bond donors (Lipinski definition) is 0. The van der Waals surface area contributed by atoms with Crippen LogP contribution in [0.3, 0.4) is 0 Å². The lowest BCUT2D eigenvalue weighted by molar-refractivity contribution is -0.150. The largest absolute Gasteiger partial charge is 0.450 e. The van der Waals surface area contributed by atoms with Gasteiger partial charge in [-0.3, -0.25) is 4.79 Å². The summed E-state index contributed by atoms with van der Waals surface area (Å²) in [6.07, 6.45) is 3.76. The molecule has 0 fully saturated rings. The number of fused-ring (bicyclic) bond motifs is 1. The lowest BCUT2D eigenvalue weighted by Crippen LogP contribution is -2.31. The van der Waals surface area contributed by atoms with E-state index in [0.29, 0.717) is 0 Å². The number of ether oxygens (including phenoxy) is 1. The van der Waals surface area contributed by atoms with E-state index in [1.54, 1.807) is 12.2 Å². The highest BCUT2D eigenvalue weighted by Gasteiger charge is 2.32. The summed E-state index contributed by atoms with van der Waals surface area (Å²) < 4.78 is 17.2. The summed E-state index contributed by atoms with van der Waals surface area (Å²) in [5, 5.41) is 0. The maximum Gasteiger partial charge on any atom is 0.317 e. The molecule has 0 N–H and O–H groups in total. The van der Waals surface area contributed by atoms with Crippen molar-refractivity contribution in [2.24, 2.45) is 5.92 Å². The van der Waals surface area contributed by atoms with Crippen LogP contribution in [0.2, 0.25) is 0 Å². The fraction of sp³-hybridized carbons (Fsp3) is 0.286. The Balaban J connectivity index is 2.41. The van der Waals surface area contributed by atoms with Crippen molar-refractivity contribution in [3.63, 3.8) is 0 Å². The Bertz CT molecular complexity index is 242. The van der Waals surface area contributed by atoms with Crippen molar-refractivity contribution in [2.45, 2.75) is 6.10 Å². The van der Waals surface area contributed by atoms with Crippen LogP contribution in [0.15, 0.2) is 24.1 Å². The van der Waals surface area contributed by atoms with Crippen LogP contribution in [-0.2, 0) is 9.53 Å². The van der Waals surface area contributed by atoms with E-state index in [4.69, 9.17) is 0 Å². The van der Waals surface area contributed by atoms with Gasteiger partial charge in [0.1, 0.15) is 5.83 Å². The number of carbonyl (C=O) groups is 1. The number of halogens is 1. The zero-order chi connectivity index (χ0) is 7.14. The Morgan fingerprint density at radius 1 is 1.50 bits per heavy atom. The maximum absolute atomic E-state index is 12.6. The van der Waals surface area contributed by atoms with Crippen molar-refractivity contribution in [1.82, 2.24) is 0 Å². The number of rotatable bonds is 0. The minimum atomic E-state index is -0.738. The average molecular weight is 140 g/mol. The predicted molar refractivity (Wildman–Crippen MR) is 31.7 cm³/mol. The highest BCUT2D eigenvalue weighted by molar-refractivity contribution is 5.80. The van der Waals surface area contributed by atoms with Crippen LogP contribution in [-0.4, -0.2) is 12.1 Å². The van der Waals surface area contributed by atoms with Crippen molar-refractivity contribution in [3.8, 4) is 0 Å². The summed E-state index contributed by atoms with van der Waals surface area (Å²) in [6, 6.07) is 0. The normalized spacial score (nSPS) is 35.7. The molecule has 2 atom stereocenters. The van der Waals surface area contributed by atoms with Crippen LogP contribution in [0, 0.1) is 5.92 Å². The van der Waals surface area contributed by atoms with Crippen molar-refractivity contribution >= 4 is 5.97 Å². The summed E-state index contributed by atoms with van der Waals surface area (Å²) in [6.45, 7) is 0. The first kappa shape index (κ1) is 5.65. The van der Waals surface area contributed by atoms with Gasteiger partial charge >= 0.3 is 5.97 Å². The van der Waals surface area contributed by atoms with E-state index >= 15 is 0 Å². The van der Waals surface area contributed by atoms with Crippen LogP contribution < -0.4 is 0 Å². The molecule has 2 aliphatic heterocycles. The Morgan fingerprint density at radius 2 is 2.30 bits per heavy atom. The number of esters is 1. The Labute approximate surface area is 57.0 Å². The molecule has 3 aliphatic rings. The standard InChI is InChI=1S/C7H5FO2/c8-5-3-4-1-2-6(5)10-7(4)9/h1-4,6H. The van der Waals surface area contributed by atoms with Crippen molar-refractivity contribution in [3.05, 3.63) is 24.1 Å². The molecule has 0 spiro atoms. The van der Waals surface area contributed by atoms with E-state index in [0.717, 1.165) is 0 Å². The van der Waals surface area contributed by atoms with Crippen LogP contribution in [0.4, 0.5) is 4.39 Å².